The number of halogens is 1. The molecular formula is C11H10ClN3O3. The molecule has 0 radical (unpaired) electrons. The van der Waals surface area contributed by atoms with Crippen molar-refractivity contribution < 1.29 is 9.72 Å². The molecule has 0 bridgehead atoms. The van der Waals surface area contributed by atoms with E-state index in [9.17, 15) is 14.9 Å². The van der Waals surface area contributed by atoms with Crippen LogP contribution in [0.2, 0.25) is 5.02 Å². The van der Waals surface area contributed by atoms with Crippen molar-refractivity contribution in [3.05, 3.63) is 38.9 Å². The highest BCUT2D eigenvalue weighted by molar-refractivity contribution is 6.34. The topological polar surface area (TPSA) is 96.0 Å². The van der Waals surface area contributed by atoms with Gasteiger partial charge in [-0.05, 0) is 13.0 Å². The average Bonchev–Trinajstić information content (AvgIpc) is 2.34. The molecular weight excluding hydrogens is 258 g/mol. The number of nitrogens with one attached hydrogen (secondary N) is 1. The molecule has 1 atom stereocenters. The number of nitrogens with zero attached hydrogens (tertiary/aromatic N) is 2. The van der Waals surface area contributed by atoms with Gasteiger partial charge in [0.25, 0.3) is 11.6 Å². The molecule has 18 heavy (non-hydrogen) atoms. The first-order valence-electron chi connectivity index (χ1n) is 5.08. The zero-order valence-corrected chi connectivity index (χ0v) is 10.3. The minimum Gasteiger partial charge on any atom is -0.350 e. The largest absolute Gasteiger partial charge is 0.350 e. The lowest BCUT2D eigenvalue weighted by Crippen LogP contribution is -2.28. The molecule has 0 aliphatic rings. The Morgan fingerprint density at radius 1 is 1.67 bits per heavy atom. The summed E-state index contributed by atoms with van der Waals surface area (Å²) in [6.45, 7) is 1.74. The number of nitriles is 1. The van der Waals surface area contributed by atoms with Crippen molar-refractivity contribution in [3.63, 3.8) is 0 Å². The van der Waals surface area contributed by atoms with E-state index < -0.39 is 10.8 Å². The van der Waals surface area contributed by atoms with Crippen molar-refractivity contribution in [2.75, 3.05) is 6.54 Å². The van der Waals surface area contributed by atoms with Crippen molar-refractivity contribution in [3.8, 4) is 6.07 Å². The smallest absolute Gasteiger partial charge is 0.283 e. The minimum atomic E-state index is -0.672. The van der Waals surface area contributed by atoms with Crippen LogP contribution in [0.5, 0.6) is 0 Å². The van der Waals surface area contributed by atoms with Gasteiger partial charge in [0.15, 0.2) is 0 Å². The molecule has 1 aromatic rings. The van der Waals surface area contributed by atoms with Gasteiger partial charge < -0.3 is 5.32 Å². The number of benzene rings is 1. The normalized spacial score (nSPS) is 11.4. The lowest BCUT2D eigenvalue weighted by atomic mass is 10.1. The maximum atomic E-state index is 11.8. The lowest BCUT2D eigenvalue weighted by molar-refractivity contribution is -0.385. The van der Waals surface area contributed by atoms with Crippen LogP contribution in [0.15, 0.2) is 18.2 Å². The fourth-order valence-electron chi connectivity index (χ4n) is 1.27. The number of hydrogen-bond acceptors (Lipinski definition) is 4. The first-order valence-corrected chi connectivity index (χ1v) is 5.46. The summed E-state index contributed by atoms with van der Waals surface area (Å²) in [6, 6.07) is 5.94. The van der Waals surface area contributed by atoms with Gasteiger partial charge in [0, 0.05) is 12.6 Å². The quantitative estimate of drug-likeness (QED) is 0.667. The van der Waals surface area contributed by atoms with Gasteiger partial charge in [0.05, 0.1) is 21.9 Å². The Balaban J connectivity index is 2.99. The second-order valence-electron chi connectivity index (χ2n) is 3.63. The number of carbonyl (C=O) groups is 1. The van der Waals surface area contributed by atoms with E-state index in [1.807, 2.05) is 6.07 Å². The summed E-state index contributed by atoms with van der Waals surface area (Å²) in [4.78, 5) is 21.9. The first-order chi connectivity index (χ1) is 8.47. The molecule has 0 aliphatic carbocycles. The fourth-order valence-corrected chi connectivity index (χ4v) is 1.52. The second kappa shape index (κ2) is 5.98. The Morgan fingerprint density at radius 3 is 2.89 bits per heavy atom. The van der Waals surface area contributed by atoms with E-state index in [2.05, 4.69) is 5.32 Å². The third kappa shape index (κ3) is 3.18. The van der Waals surface area contributed by atoms with Crippen molar-refractivity contribution >= 4 is 23.2 Å². The first kappa shape index (κ1) is 13.9. The van der Waals surface area contributed by atoms with Gasteiger partial charge >= 0.3 is 0 Å². The van der Waals surface area contributed by atoms with Gasteiger partial charge in [-0.3, -0.25) is 14.9 Å². The highest BCUT2D eigenvalue weighted by Gasteiger charge is 2.23. The Morgan fingerprint density at radius 2 is 2.33 bits per heavy atom. The van der Waals surface area contributed by atoms with E-state index >= 15 is 0 Å². The number of rotatable bonds is 4. The Hall–Kier alpha value is -2.13. The summed E-state index contributed by atoms with van der Waals surface area (Å²) >= 11 is 5.79. The molecule has 0 aromatic heterocycles. The third-order valence-electron chi connectivity index (χ3n) is 2.20. The summed E-state index contributed by atoms with van der Waals surface area (Å²) in [5.41, 5.74) is -0.543. The molecule has 0 spiro atoms. The Bertz CT molecular complexity index is 525. The molecule has 1 rings (SSSR count). The highest BCUT2D eigenvalue weighted by atomic mass is 35.5. The van der Waals surface area contributed by atoms with Crippen LogP contribution in [0.25, 0.3) is 0 Å². The second-order valence-corrected chi connectivity index (χ2v) is 4.04. The summed E-state index contributed by atoms with van der Waals surface area (Å²) < 4.78 is 0. The standard InChI is InChI=1S/C11H10ClN3O3/c1-7(5-13)6-14-11(16)10-8(12)3-2-4-9(10)15(17)18/h2-4,7H,6H2,1H3,(H,14,16). The van der Waals surface area contributed by atoms with Crippen molar-refractivity contribution in [2.24, 2.45) is 5.92 Å². The molecule has 7 heteroatoms. The molecule has 1 aromatic carbocycles. The zero-order chi connectivity index (χ0) is 13.7. The molecule has 1 unspecified atom stereocenters. The van der Waals surface area contributed by atoms with Crippen LogP contribution in [-0.4, -0.2) is 17.4 Å². The van der Waals surface area contributed by atoms with Crippen LogP contribution in [0, 0.1) is 27.4 Å². The van der Waals surface area contributed by atoms with Gasteiger partial charge in [-0.15, -0.1) is 0 Å². The molecule has 1 N–H and O–H groups in total. The number of carbonyl (C=O) groups excluding carboxylic acids is 1. The van der Waals surface area contributed by atoms with Gasteiger partial charge in [-0.1, -0.05) is 17.7 Å². The van der Waals surface area contributed by atoms with E-state index in [1.54, 1.807) is 6.92 Å². The number of nitro benzene ring substituents is 1. The van der Waals surface area contributed by atoms with Gasteiger partial charge in [-0.25, -0.2) is 0 Å². The molecule has 0 fully saturated rings. The lowest BCUT2D eigenvalue weighted by Gasteiger charge is -2.07. The highest BCUT2D eigenvalue weighted by Crippen LogP contribution is 2.25. The molecule has 0 saturated carbocycles. The molecule has 1 amide bonds. The van der Waals surface area contributed by atoms with Crippen LogP contribution in [-0.2, 0) is 0 Å². The van der Waals surface area contributed by atoms with E-state index in [4.69, 9.17) is 16.9 Å². The van der Waals surface area contributed by atoms with Gasteiger partial charge in [-0.2, -0.15) is 5.26 Å². The van der Waals surface area contributed by atoms with E-state index in [0.717, 1.165) is 0 Å². The van der Waals surface area contributed by atoms with Gasteiger partial charge in [0.2, 0.25) is 0 Å². The van der Waals surface area contributed by atoms with E-state index in [1.165, 1.54) is 18.2 Å². The zero-order valence-electron chi connectivity index (χ0n) is 9.51. The molecule has 0 heterocycles. The molecule has 6 nitrogen and oxygen atoms in total. The van der Waals surface area contributed by atoms with Crippen molar-refractivity contribution in [1.29, 1.82) is 5.26 Å². The predicted octanol–water partition coefficient (Wildman–Crippen LogP) is 2.14. The monoisotopic (exact) mass is 267 g/mol. The fraction of sp³-hybridized carbons (Fsp3) is 0.273. The van der Waals surface area contributed by atoms with Crippen molar-refractivity contribution in [1.82, 2.24) is 5.32 Å². The number of amides is 1. The van der Waals surface area contributed by atoms with Crippen molar-refractivity contribution in [2.45, 2.75) is 6.92 Å². The molecule has 0 saturated heterocycles. The summed E-state index contributed by atoms with van der Waals surface area (Å²) in [6.07, 6.45) is 0. The van der Waals surface area contributed by atoms with Crippen LogP contribution in [0.1, 0.15) is 17.3 Å². The molecule has 0 aliphatic heterocycles. The van der Waals surface area contributed by atoms with Gasteiger partial charge in [0.1, 0.15) is 5.56 Å². The Labute approximate surface area is 108 Å². The van der Waals surface area contributed by atoms with Crippen LogP contribution in [0.4, 0.5) is 5.69 Å². The predicted molar refractivity (Wildman–Crippen MR) is 65.2 cm³/mol. The van der Waals surface area contributed by atoms with Crippen LogP contribution in [0.3, 0.4) is 0 Å². The van der Waals surface area contributed by atoms with Crippen LogP contribution < -0.4 is 5.32 Å². The number of nitro groups is 1. The average molecular weight is 268 g/mol. The third-order valence-corrected chi connectivity index (χ3v) is 2.52. The maximum absolute atomic E-state index is 11.8. The summed E-state index contributed by atoms with van der Waals surface area (Å²) in [5.74, 6) is -1.04. The SMILES string of the molecule is CC(C#N)CNC(=O)c1c(Cl)cccc1[N+](=O)[O-]. The van der Waals surface area contributed by atoms with E-state index in [-0.39, 0.29) is 28.7 Å². The number of hydrogen-bond donors (Lipinski definition) is 1. The summed E-state index contributed by atoms with van der Waals surface area (Å²) in [5, 5.41) is 21.8. The molecule has 94 valence electrons. The van der Waals surface area contributed by atoms with E-state index in [0.29, 0.717) is 0 Å². The minimum absolute atomic E-state index is 0.00584. The summed E-state index contributed by atoms with van der Waals surface area (Å²) in [7, 11) is 0. The maximum Gasteiger partial charge on any atom is 0.283 e. The Kier molecular flexibility index (Phi) is 4.63. The van der Waals surface area contributed by atoms with Crippen LogP contribution >= 0.6 is 11.6 Å².